The maximum Gasteiger partial charge on any atom is 0.227 e. The van der Waals surface area contributed by atoms with Crippen molar-refractivity contribution in [3.05, 3.63) is 102 Å². The number of benzene rings is 3. The van der Waals surface area contributed by atoms with Gasteiger partial charge in [-0.1, -0.05) is 60.7 Å². The average Bonchev–Trinajstić information content (AvgIpc) is 3.24. The minimum atomic E-state index is -1.20. The van der Waals surface area contributed by atoms with Gasteiger partial charge in [-0.3, -0.25) is 14.5 Å². The molecule has 1 aliphatic heterocycles. The summed E-state index contributed by atoms with van der Waals surface area (Å²) in [5, 5.41) is 10.5. The first kappa shape index (κ1) is 24.4. The Morgan fingerprint density at radius 3 is 2.03 bits per heavy atom. The molecule has 1 amide bonds. The van der Waals surface area contributed by atoms with Gasteiger partial charge in [-0.25, -0.2) is 0 Å². The Morgan fingerprint density at radius 1 is 0.861 bits per heavy atom. The Kier molecular flexibility index (Phi) is 6.54. The molecule has 2 aliphatic rings. The van der Waals surface area contributed by atoms with Crippen LogP contribution in [0.5, 0.6) is 0 Å². The molecule has 1 heterocycles. The number of amides is 1. The SMILES string of the molecule is CN(C)C1(c2ccccc2)CCC2(CC1)CC(=O)N(c1ccc(C(=O)C(O)c3ccccc3)cc1)C2. The molecule has 5 nitrogen and oxygen atoms in total. The molecule has 1 aliphatic carbocycles. The number of carbonyl (C=O) groups is 2. The van der Waals surface area contributed by atoms with Gasteiger partial charge in [0.1, 0.15) is 6.10 Å². The van der Waals surface area contributed by atoms with Crippen molar-refractivity contribution in [2.24, 2.45) is 5.41 Å². The Bertz CT molecular complexity index is 1210. The third kappa shape index (κ3) is 4.38. The zero-order valence-corrected chi connectivity index (χ0v) is 21.1. The van der Waals surface area contributed by atoms with Gasteiger partial charge in [0.25, 0.3) is 0 Å². The fraction of sp³-hybridized carbons (Fsp3) is 0.355. The Morgan fingerprint density at radius 2 is 1.44 bits per heavy atom. The maximum atomic E-state index is 13.1. The third-order valence-corrected chi connectivity index (χ3v) is 8.45. The van der Waals surface area contributed by atoms with Gasteiger partial charge in [-0.15, -0.1) is 0 Å². The van der Waals surface area contributed by atoms with E-state index in [0.717, 1.165) is 31.4 Å². The monoisotopic (exact) mass is 482 g/mol. The Labute approximate surface area is 213 Å². The van der Waals surface area contributed by atoms with Gasteiger partial charge in [0.05, 0.1) is 0 Å². The van der Waals surface area contributed by atoms with E-state index in [1.807, 2.05) is 23.1 Å². The fourth-order valence-electron chi connectivity index (χ4n) is 6.15. The van der Waals surface area contributed by atoms with Crippen LogP contribution in [-0.2, 0) is 10.3 Å². The van der Waals surface area contributed by atoms with Crippen molar-refractivity contribution in [3.8, 4) is 0 Å². The molecule has 1 N–H and O–H groups in total. The molecule has 0 radical (unpaired) electrons. The van der Waals surface area contributed by atoms with Crippen LogP contribution in [0.4, 0.5) is 5.69 Å². The minimum absolute atomic E-state index is 0.00454. The van der Waals surface area contributed by atoms with E-state index in [0.29, 0.717) is 24.1 Å². The molecule has 1 unspecified atom stereocenters. The van der Waals surface area contributed by atoms with E-state index >= 15 is 0 Å². The summed E-state index contributed by atoms with van der Waals surface area (Å²) in [6.45, 7) is 0.712. The van der Waals surface area contributed by atoms with Crippen molar-refractivity contribution in [3.63, 3.8) is 0 Å². The fourth-order valence-corrected chi connectivity index (χ4v) is 6.15. The van der Waals surface area contributed by atoms with E-state index in [1.54, 1.807) is 36.4 Å². The highest BCUT2D eigenvalue weighted by atomic mass is 16.3. The van der Waals surface area contributed by atoms with E-state index < -0.39 is 6.10 Å². The zero-order chi connectivity index (χ0) is 25.3. The van der Waals surface area contributed by atoms with Crippen LogP contribution in [-0.4, -0.2) is 42.3 Å². The molecule has 2 fully saturated rings. The van der Waals surface area contributed by atoms with Gasteiger partial charge in [-0.2, -0.15) is 0 Å². The van der Waals surface area contributed by atoms with Crippen molar-refractivity contribution in [2.75, 3.05) is 25.5 Å². The van der Waals surface area contributed by atoms with Crippen LogP contribution in [0.3, 0.4) is 0 Å². The van der Waals surface area contributed by atoms with E-state index in [2.05, 4.69) is 49.3 Å². The molecule has 5 rings (SSSR count). The summed E-state index contributed by atoms with van der Waals surface area (Å²) in [5.41, 5.74) is 3.17. The van der Waals surface area contributed by atoms with Crippen LogP contribution in [0.25, 0.3) is 0 Å². The molecule has 3 aromatic carbocycles. The lowest BCUT2D eigenvalue weighted by Gasteiger charge is -2.48. The molecule has 0 aromatic heterocycles. The molecular weight excluding hydrogens is 448 g/mol. The van der Waals surface area contributed by atoms with Crippen LogP contribution < -0.4 is 4.90 Å². The molecule has 5 heteroatoms. The summed E-state index contributed by atoms with van der Waals surface area (Å²) in [5.74, 6) is -0.194. The molecule has 1 saturated heterocycles. The second-order valence-electron chi connectivity index (χ2n) is 10.7. The summed E-state index contributed by atoms with van der Waals surface area (Å²) in [6.07, 6.45) is 3.42. The number of Topliss-reactive ketones (excluding diaryl/α,β-unsaturated/α-hetero) is 1. The van der Waals surface area contributed by atoms with Crippen LogP contribution in [0.15, 0.2) is 84.9 Å². The summed E-state index contributed by atoms with van der Waals surface area (Å²) in [7, 11) is 4.32. The van der Waals surface area contributed by atoms with E-state index in [-0.39, 0.29) is 22.6 Å². The molecule has 1 saturated carbocycles. The van der Waals surface area contributed by atoms with Crippen LogP contribution in [0.2, 0.25) is 0 Å². The number of rotatable bonds is 6. The average molecular weight is 483 g/mol. The van der Waals surface area contributed by atoms with Gasteiger partial charge < -0.3 is 10.0 Å². The number of nitrogens with zero attached hydrogens (tertiary/aromatic N) is 2. The predicted molar refractivity (Wildman–Crippen MR) is 142 cm³/mol. The highest BCUT2D eigenvalue weighted by molar-refractivity contribution is 6.01. The second kappa shape index (κ2) is 9.64. The van der Waals surface area contributed by atoms with Crippen LogP contribution in [0, 0.1) is 5.41 Å². The predicted octanol–water partition coefficient (Wildman–Crippen LogP) is 5.36. The molecule has 0 bridgehead atoms. The quantitative estimate of drug-likeness (QED) is 0.481. The number of aliphatic hydroxyl groups is 1. The minimum Gasteiger partial charge on any atom is -0.380 e. The number of aliphatic hydroxyl groups excluding tert-OH is 1. The van der Waals surface area contributed by atoms with Crippen molar-refractivity contribution >= 4 is 17.4 Å². The molecule has 1 spiro atoms. The standard InChI is InChI=1S/C31H34N2O3/c1-32(2)31(25-11-7-4-8-12-25)19-17-30(18-20-31)21-27(34)33(22-30)26-15-13-24(14-16-26)29(36)28(35)23-9-5-3-6-10-23/h3-16,28,35H,17-22H2,1-2H3. The van der Waals surface area contributed by atoms with Crippen molar-refractivity contribution in [1.82, 2.24) is 4.90 Å². The Balaban J connectivity index is 1.29. The van der Waals surface area contributed by atoms with E-state index in [1.165, 1.54) is 5.56 Å². The van der Waals surface area contributed by atoms with Gasteiger partial charge >= 0.3 is 0 Å². The van der Waals surface area contributed by atoms with Gasteiger partial charge in [0.2, 0.25) is 5.91 Å². The van der Waals surface area contributed by atoms with E-state index in [4.69, 9.17) is 0 Å². The van der Waals surface area contributed by atoms with Crippen LogP contribution >= 0.6 is 0 Å². The third-order valence-electron chi connectivity index (χ3n) is 8.45. The summed E-state index contributed by atoms with van der Waals surface area (Å²) < 4.78 is 0. The smallest absolute Gasteiger partial charge is 0.227 e. The number of anilines is 1. The molecule has 1 atom stereocenters. The lowest BCUT2D eigenvalue weighted by Crippen LogP contribution is -2.47. The zero-order valence-electron chi connectivity index (χ0n) is 21.1. The van der Waals surface area contributed by atoms with Crippen molar-refractivity contribution < 1.29 is 14.7 Å². The summed E-state index contributed by atoms with van der Waals surface area (Å²) in [4.78, 5) is 30.1. The topological polar surface area (TPSA) is 60.9 Å². The van der Waals surface area contributed by atoms with Gasteiger partial charge in [0.15, 0.2) is 5.78 Å². The number of hydrogen-bond donors (Lipinski definition) is 1. The summed E-state index contributed by atoms with van der Waals surface area (Å²) in [6, 6.07) is 26.8. The lowest BCUT2D eigenvalue weighted by atomic mass is 9.64. The Hall–Kier alpha value is -3.28. The summed E-state index contributed by atoms with van der Waals surface area (Å²) >= 11 is 0. The van der Waals surface area contributed by atoms with Crippen LogP contribution in [0.1, 0.15) is 59.7 Å². The highest BCUT2D eigenvalue weighted by Crippen LogP contribution is 2.52. The molecule has 36 heavy (non-hydrogen) atoms. The van der Waals surface area contributed by atoms with Gasteiger partial charge in [-0.05, 0) is 80.6 Å². The van der Waals surface area contributed by atoms with Crippen molar-refractivity contribution in [1.29, 1.82) is 0 Å². The number of hydrogen-bond acceptors (Lipinski definition) is 4. The normalized spacial score (nSPS) is 24.9. The molecule has 3 aromatic rings. The highest BCUT2D eigenvalue weighted by Gasteiger charge is 2.50. The lowest BCUT2D eigenvalue weighted by molar-refractivity contribution is -0.118. The first-order valence-corrected chi connectivity index (χ1v) is 12.7. The molecule has 186 valence electrons. The largest absolute Gasteiger partial charge is 0.380 e. The van der Waals surface area contributed by atoms with Gasteiger partial charge in [0, 0.05) is 29.8 Å². The van der Waals surface area contributed by atoms with Crippen molar-refractivity contribution in [2.45, 2.75) is 43.7 Å². The first-order valence-electron chi connectivity index (χ1n) is 12.7. The van der Waals surface area contributed by atoms with E-state index in [9.17, 15) is 14.7 Å². The molecular formula is C31H34N2O3. The first-order chi connectivity index (χ1) is 17.3. The maximum absolute atomic E-state index is 13.1. The number of carbonyl (C=O) groups excluding carboxylic acids is 2. The second-order valence-corrected chi connectivity index (χ2v) is 10.7. The number of ketones is 1.